The van der Waals surface area contributed by atoms with Gasteiger partial charge in [-0.3, -0.25) is 0 Å². The van der Waals surface area contributed by atoms with E-state index in [4.69, 9.17) is 0 Å². The third kappa shape index (κ3) is 4.94. The zero-order valence-electron chi connectivity index (χ0n) is 12.5. The van der Waals surface area contributed by atoms with Gasteiger partial charge in [0.15, 0.2) is 0 Å². The van der Waals surface area contributed by atoms with E-state index < -0.39 is 0 Å². The third-order valence-electron chi connectivity index (χ3n) is 3.74. The first-order chi connectivity index (χ1) is 10.1. The Hall–Kier alpha value is -1.19. The van der Waals surface area contributed by atoms with Crippen LogP contribution in [0.2, 0.25) is 0 Å². The molecule has 0 fully saturated rings. The van der Waals surface area contributed by atoms with Crippen LogP contribution in [0.3, 0.4) is 0 Å². The van der Waals surface area contributed by atoms with Crippen molar-refractivity contribution in [3.63, 3.8) is 0 Å². The van der Waals surface area contributed by atoms with E-state index in [-0.39, 0.29) is 5.82 Å². The predicted octanol–water partition coefficient (Wildman–Crippen LogP) is 4.52. The highest BCUT2D eigenvalue weighted by Gasteiger charge is 2.12. The lowest BCUT2D eigenvalue weighted by Gasteiger charge is -2.18. The second kappa shape index (κ2) is 7.71. The topological polar surface area (TPSA) is 12.0 Å². The number of halogens is 2. The quantitative estimate of drug-likeness (QED) is 0.808. The van der Waals surface area contributed by atoms with E-state index in [2.05, 4.69) is 45.5 Å². The van der Waals surface area contributed by atoms with Gasteiger partial charge in [0, 0.05) is 4.47 Å². The van der Waals surface area contributed by atoms with Crippen LogP contribution in [-0.4, -0.2) is 13.6 Å². The van der Waals surface area contributed by atoms with Crippen LogP contribution in [0.25, 0.3) is 0 Å². The van der Waals surface area contributed by atoms with Crippen molar-refractivity contribution in [1.82, 2.24) is 5.32 Å². The summed E-state index contributed by atoms with van der Waals surface area (Å²) in [4.78, 5) is 0. The number of hydrogen-bond acceptors (Lipinski definition) is 1. The Balaban J connectivity index is 2.09. The maximum absolute atomic E-state index is 13.2. The van der Waals surface area contributed by atoms with Crippen LogP contribution in [0.15, 0.2) is 46.9 Å². The fourth-order valence-corrected chi connectivity index (χ4v) is 2.92. The molecule has 3 heteroatoms. The number of hydrogen-bond donors (Lipinski definition) is 1. The zero-order valence-corrected chi connectivity index (χ0v) is 14.1. The molecule has 1 atom stereocenters. The molecule has 0 aliphatic carbocycles. The molecule has 1 nitrogen and oxygen atoms in total. The number of benzene rings is 2. The number of aryl methyl sites for hydroxylation is 1. The first kappa shape index (κ1) is 16.2. The van der Waals surface area contributed by atoms with Crippen LogP contribution in [-0.2, 0) is 12.8 Å². The molecule has 0 saturated carbocycles. The van der Waals surface area contributed by atoms with Gasteiger partial charge in [-0.2, -0.15) is 0 Å². The van der Waals surface area contributed by atoms with E-state index in [0.29, 0.717) is 5.92 Å². The molecule has 0 aliphatic heterocycles. The van der Waals surface area contributed by atoms with Gasteiger partial charge in [-0.1, -0.05) is 34.1 Å². The average molecular weight is 350 g/mol. The highest BCUT2D eigenvalue weighted by molar-refractivity contribution is 9.10. The van der Waals surface area contributed by atoms with Gasteiger partial charge < -0.3 is 5.32 Å². The Kier molecular flexibility index (Phi) is 5.95. The summed E-state index contributed by atoms with van der Waals surface area (Å²) in [6.07, 6.45) is 1.98. The fourth-order valence-electron chi connectivity index (χ4n) is 2.66. The van der Waals surface area contributed by atoms with E-state index in [1.54, 1.807) is 12.1 Å². The molecule has 0 saturated heterocycles. The smallest absolute Gasteiger partial charge is 0.123 e. The Morgan fingerprint density at radius 1 is 1.10 bits per heavy atom. The monoisotopic (exact) mass is 349 g/mol. The van der Waals surface area contributed by atoms with Gasteiger partial charge in [-0.15, -0.1) is 0 Å². The van der Waals surface area contributed by atoms with Crippen molar-refractivity contribution in [2.24, 2.45) is 5.92 Å². The minimum atomic E-state index is -0.158. The van der Waals surface area contributed by atoms with Gasteiger partial charge in [0.1, 0.15) is 5.82 Å². The molecule has 21 heavy (non-hydrogen) atoms. The van der Waals surface area contributed by atoms with Crippen molar-refractivity contribution >= 4 is 15.9 Å². The molecule has 2 aromatic rings. The van der Waals surface area contributed by atoms with Gasteiger partial charge in [-0.05, 0) is 80.2 Å². The molecule has 0 heterocycles. The van der Waals surface area contributed by atoms with Crippen molar-refractivity contribution in [2.45, 2.75) is 19.8 Å². The lowest BCUT2D eigenvalue weighted by atomic mass is 9.90. The van der Waals surface area contributed by atoms with E-state index in [1.807, 2.05) is 20.0 Å². The maximum atomic E-state index is 13.2. The largest absolute Gasteiger partial charge is 0.319 e. The lowest BCUT2D eigenvalue weighted by Crippen LogP contribution is -2.23. The molecule has 0 spiro atoms. The maximum Gasteiger partial charge on any atom is 0.123 e. The summed E-state index contributed by atoms with van der Waals surface area (Å²) in [5.74, 6) is 0.342. The molecule has 0 amide bonds. The van der Waals surface area contributed by atoms with Crippen LogP contribution < -0.4 is 5.32 Å². The molecule has 2 rings (SSSR count). The predicted molar refractivity (Wildman–Crippen MR) is 90.1 cm³/mol. The first-order valence-electron chi connectivity index (χ1n) is 7.22. The Morgan fingerprint density at radius 2 is 1.81 bits per heavy atom. The minimum Gasteiger partial charge on any atom is -0.319 e. The normalized spacial score (nSPS) is 12.4. The summed E-state index contributed by atoms with van der Waals surface area (Å²) in [5, 5.41) is 3.27. The van der Waals surface area contributed by atoms with Crippen LogP contribution in [0.4, 0.5) is 4.39 Å². The zero-order chi connectivity index (χ0) is 15.2. The Labute approximate surface area is 134 Å². The van der Waals surface area contributed by atoms with Crippen molar-refractivity contribution in [3.8, 4) is 0 Å². The van der Waals surface area contributed by atoms with Crippen molar-refractivity contribution < 1.29 is 4.39 Å². The van der Waals surface area contributed by atoms with Crippen LogP contribution in [0, 0.1) is 18.7 Å². The molecule has 2 aromatic carbocycles. The van der Waals surface area contributed by atoms with Crippen LogP contribution in [0.5, 0.6) is 0 Å². The molecule has 0 aromatic heterocycles. The van der Waals surface area contributed by atoms with E-state index in [1.165, 1.54) is 11.1 Å². The fraction of sp³-hybridized carbons (Fsp3) is 0.333. The second-order valence-electron chi connectivity index (χ2n) is 5.53. The highest BCUT2D eigenvalue weighted by Crippen LogP contribution is 2.19. The van der Waals surface area contributed by atoms with Gasteiger partial charge >= 0.3 is 0 Å². The van der Waals surface area contributed by atoms with Gasteiger partial charge in [0.25, 0.3) is 0 Å². The molecule has 0 aliphatic rings. The lowest BCUT2D eigenvalue weighted by molar-refractivity contribution is 0.491. The summed E-state index contributed by atoms with van der Waals surface area (Å²) in [6.45, 7) is 2.93. The number of nitrogens with one attached hydrogen (secondary N) is 1. The highest BCUT2D eigenvalue weighted by atomic mass is 79.9. The minimum absolute atomic E-state index is 0.158. The van der Waals surface area contributed by atoms with E-state index >= 15 is 0 Å². The van der Waals surface area contributed by atoms with Crippen LogP contribution in [0.1, 0.15) is 16.7 Å². The summed E-state index contributed by atoms with van der Waals surface area (Å²) in [5.41, 5.74) is 3.60. The summed E-state index contributed by atoms with van der Waals surface area (Å²) in [7, 11) is 1.98. The Morgan fingerprint density at radius 3 is 2.43 bits per heavy atom. The molecule has 1 unspecified atom stereocenters. The molecular weight excluding hydrogens is 329 g/mol. The SMILES string of the molecule is CNCC(Cc1ccc(Br)cc1)Cc1ccc(F)cc1C. The van der Waals surface area contributed by atoms with Gasteiger partial charge in [0.05, 0.1) is 0 Å². The summed E-state index contributed by atoms with van der Waals surface area (Å²) >= 11 is 3.46. The molecule has 0 bridgehead atoms. The second-order valence-corrected chi connectivity index (χ2v) is 6.44. The van der Waals surface area contributed by atoms with Gasteiger partial charge in [0.2, 0.25) is 0 Å². The first-order valence-corrected chi connectivity index (χ1v) is 8.02. The van der Waals surface area contributed by atoms with Crippen molar-refractivity contribution in [1.29, 1.82) is 0 Å². The van der Waals surface area contributed by atoms with Gasteiger partial charge in [-0.25, -0.2) is 4.39 Å². The summed E-state index contributed by atoms with van der Waals surface area (Å²) < 4.78 is 14.3. The van der Waals surface area contributed by atoms with Crippen molar-refractivity contribution in [3.05, 3.63) is 69.4 Å². The molecule has 1 N–H and O–H groups in total. The third-order valence-corrected chi connectivity index (χ3v) is 4.27. The summed E-state index contributed by atoms with van der Waals surface area (Å²) in [6, 6.07) is 13.6. The van der Waals surface area contributed by atoms with E-state index in [9.17, 15) is 4.39 Å². The Bertz CT molecular complexity index is 580. The number of rotatable bonds is 6. The van der Waals surface area contributed by atoms with Crippen LogP contribution >= 0.6 is 15.9 Å². The standard InChI is InChI=1S/C18H21BrFN/c1-13-9-18(20)8-5-16(13)11-15(12-21-2)10-14-3-6-17(19)7-4-14/h3-9,15,21H,10-12H2,1-2H3. The molecule has 112 valence electrons. The average Bonchev–Trinajstić information content (AvgIpc) is 2.44. The van der Waals surface area contributed by atoms with Crippen molar-refractivity contribution in [2.75, 3.05) is 13.6 Å². The molecular formula is C18H21BrFN. The molecule has 0 radical (unpaired) electrons. The van der Waals surface area contributed by atoms with E-state index in [0.717, 1.165) is 29.4 Å².